The first-order valence-electron chi connectivity index (χ1n) is 4.67. The molecule has 1 atom stereocenters. The Bertz CT molecular complexity index is 306. The largest absolute Gasteiger partial charge is 0.435 e. The molecule has 90 valence electrons. The van der Waals surface area contributed by atoms with Crippen molar-refractivity contribution in [1.29, 1.82) is 0 Å². The number of alkyl halides is 2. The predicted octanol–water partition coefficient (Wildman–Crippen LogP) is 1.44. The maximum atomic E-state index is 11.9. The SMILES string of the molecule is COCC(NN)c1ccc(OC(F)F)cc1. The van der Waals surface area contributed by atoms with Gasteiger partial charge in [0.15, 0.2) is 0 Å². The van der Waals surface area contributed by atoms with Crippen molar-refractivity contribution in [2.45, 2.75) is 12.7 Å². The van der Waals surface area contributed by atoms with Crippen LogP contribution in [0.25, 0.3) is 0 Å². The first-order chi connectivity index (χ1) is 7.67. The molecule has 1 rings (SSSR count). The summed E-state index contributed by atoms with van der Waals surface area (Å²) in [5, 5.41) is 0. The zero-order chi connectivity index (χ0) is 12.0. The summed E-state index contributed by atoms with van der Waals surface area (Å²) in [4.78, 5) is 0. The van der Waals surface area contributed by atoms with E-state index < -0.39 is 6.61 Å². The topological polar surface area (TPSA) is 56.5 Å². The van der Waals surface area contributed by atoms with Crippen LogP contribution in [0.2, 0.25) is 0 Å². The number of hydrogen-bond donors (Lipinski definition) is 2. The third-order valence-corrected chi connectivity index (χ3v) is 2.04. The Morgan fingerprint density at radius 3 is 2.38 bits per heavy atom. The third kappa shape index (κ3) is 3.73. The lowest BCUT2D eigenvalue weighted by Gasteiger charge is -2.15. The van der Waals surface area contributed by atoms with Crippen LogP contribution in [-0.2, 0) is 4.74 Å². The molecule has 0 radical (unpaired) electrons. The van der Waals surface area contributed by atoms with E-state index in [2.05, 4.69) is 10.2 Å². The summed E-state index contributed by atoms with van der Waals surface area (Å²) < 4.78 is 33.0. The second-order valence-electron chi connectivity index (χ2n) is 3.12. The molecule has 0 aliphatic rings. The molecule has 6 heteroatoms. The van der Waals surface area contributed by atoms with Gasteiger partial charge in [-0.05, 0) is 17.7 Å². The number of hydrazine groups is 1. The Kier molecular flexibility index (Phi) is 5.10. The third-order valence-electron chi connectivity index (χ3n) is 2.04. The van der Waals surface area contributed by atoms with Crippen molar-refractivity contribution in [2.24, 2.45) is 5.84 Å². The summed E-state index contributed by atoms with van der Waals surface area (Å²) in [5.41, 5.74) is 3.40. The fourth-order valence-electron chi connectivity index (χ4n) is 1.29. The number of nitrogens with two attached hydrogens (primary N) is 1. The summed E-state index contributed by atoms with van der Waals surface area (Å²) in [7, 11) is 1.55. The number of nitrogens with one attached hydrogen (secondary N) is 1. The summed E-state index contributed by atoms with van der Waals surface area (Å²) in [6.45, 7) is -2.42. The van der Waals surface area contributed by atoms with E-state index in [1.54, 1.807) is 19.2 Å². The van der Waals surface area contributed by atoms with Crippen molar-refractivity contribution < 1.29 is 18.3 Å². The lowest BCUT2D eigenvalue weighted by Crippen LogP contribution is -2.31. The van der Waals surface area contributed by atoms with Crippen molar-refractivity contribution in [3.05, 3.63) is 29.8 Å². The van der Waals surface area contributed by atoms with Crippen molar-refractivity contribution in [3.8, 4) is 5.75 Å². The fourth-order valence-corrected chi connectivity index (χ4v) is 1.29. The molecule has 0 fully saturated rings. The van der Waals surface area contributed by atoms with Gasteiger partial charge in [0.1, 0.15) is 5.75 Å². The van der Waals surface area contributed by atoms with Crippen molar-refractivity contribution in [2.75, 3.05) is 13.7 Å². The monoisotopic (exact) mass is 232 g/mol. The molecule has 1 aromatic rings. The number of benzene rings is 1. The second kappa shape index (κ2) is 6.37. The van der Waals surface area contributed by atoms with Crippen LogP contribution in [0.5, 0.6) is 5.75 Å². The molecule has 0 bridgehead atoms. The van der Waals surface area contributed by atoms with Crippen LogP contribution in [0.1, 0.15) is 11.6 Å². The average Bonchev–Trinajstić information content (AvgIpc) is 2.26. The van der Waals surface area contributed by atoms with Gasteiger partial charge in [-0.1, -0.05) is 12.1 Å². The summed E-state index contributed by atoms with van der Waals surface area (Å²) in [6.07, 6.45) is 0. The first-order valence-corrected chi connectivity index (χ1v) is 4.67. The Labute approximate surface area is 92.3 Å². The van der Waals surface area contributed by atoms with Crippen molar-refractivity contribution in [1.82, 2.24) is 5.43 Å². The molecule has 1 aromatic carbocycles. The van der Waals surface area contributed by atoms with Gasteiger partial charge in [-0.2, -0.15) is 8.78 Å². The minimum Gasteiger partial charge on any atom is -0.435 e. The highest BCUT2D eigenvalue weighted by atomic mass is 19.3. The number of ether oxygens (including phenoxy) is 2. The molecule has 16 heavy (non-hydrogen) atoms. The molecule has 0 saturated carbocycles. The molecule has 0 aromatic heterocycles. The van der Waals surface area contributed by atoms with E-state index in [0.717, 1.165) is 5.56 Å². The first kappa shape index (κ1) is 12.8. The van der Waals surface area contributed by atoms with E-state index >= 15 is 0 Å². The standard InChI is InChI=1S/C10H14F2N2O2/c1-15-6-9(14-13)7-2-4-8(5-3-7)16-10(11)12/h2-5,9-10,14H,6,13H2,1H3. The lowest BCUT2D eigenvalue weighted by molar-refractivity contribution is -0.0498. The number of halogens is 2. The molecule has 0 amide bonds. The minimum atomic E-state index is -2.81. The van der Waals surface area contributed by atoms with Gasteiger partial charge < -0.3 is 9.47 Å². The Morgan fingerprint density at radius 2 is 1.94 bits per heavy atom. The van der Waals surface area contributed by atoms with E-state index in [0.29, 0.717) is 6.61 Å². The van der Waals surface area contributed by atoms with Gasteiger partial charge in [0.05, 0.1) is 12.6 Å². The summed E-state index contributed by atoms with van der Waals surface area (Å²) in [5.74, 6) is 5.45. The van der Waals surface area contributed by atoms with Crippen molar-refractivity contribution >= 4 is 0 Å². The van der Waals surface area contributed by atoms with E-state index in [4.69, 9.17) is 10.6 Å². The van der Waals surface area contributed by atoms with Crippen LogP contribution in [0.4, 0.5) is 8.78 Å². The van der Waals surface area contributed by atoms with Crippen LogP contribution >= 0.6 is 0 Å². The quantitative estimate of drug-likeness (QED) is 0.575. The van der Waals surface area contributed by atoms with Gasteiger partial charge in [-0.25, -0.2) is 0 Å². The molecule has 0 saturated heterocycles. The zero-order valence-electron chi connectivity index (χ0n) is 8.82. The van der Waals surface area contributed by atoms with E-state index in [1.807, 2.05) is 0 Å². The average molecular weight is 232 g/mol. The van der Waals surface area contributed by atoms with Crippen molar-refractivity contribution in [3.63, 3.8) is 0 Å². The maximum Gasteiger partial charge on any atom is 0.387 e. The van der Waals surface area contributed by atoms with Gasteiger partial charge in [0.2, 0.25) is 0 Å². The highest BCUT2D eigenvalue weighted by Crippen LogP contribution is 2.19. The molecule has 0 aliphatic carbocycles. The number of rotatable bonds is 6. The lowest BCUT2D eigenvalue weighted by atomic mass is 10.1. The zero-order valence-corrected chi connectivity index (χ0v) is 8.82. The Balaban J connectivity index is 2.69. The van der Waals surface area contributed by atoms with Crippen LogP contribution in [0, 0.1) is 0 Å². The molecule has 0 heterocycles. The molecular weight excluding hydrogens is 218 g/mol. The van der Waals surface area contributed by atoms with Gasteiger partial charge in [0.25, 0.3) is 0 Å². The van der Waals surface area contributed by atoms with Crippen LogP contribution < -0.4 is 16.0 Å². The van der Waals surface area contributed by atoms with Gasteiger partial charge >= 0.3 is 6.61 Å². The number of hydrogen-bond acceptors (Lipinski definition) is 4. The van der Waals surface area contributed by atoms with E-state index in [9.17, 15) is 8.78 Å². The van der Waals surface area contributed by atoms with Gasteiger partial charge in [-0.3, -0.25) is 11.3 Å². The normalized spacial score (nSPS) is 12.8. The highest BCUT2D eigenvalue weighted by molar-refractivity contribution is 5.29. The fraction of sp³-hybridized carbons (Fsp3) is 0.400. The summed E-state index contributed by atoms with van der Waals surface area (Å²) in [6, 6.07) is 6.05. The molecule has 0 spiro atoms. The summed E-state index contributed by atoms with van der Waals surface area (Å²) >= 11 is 0. The molecule has 1 unspecified atom stereocenters. The van der Waals surface area contributed by atoms with Gasteiger partial charge in [-0.15, -0.1) is 0 Å². The van der Waals surface area contributed by atoms with Gasteiger partial charge in [0, 0.05) is 7.11 Å². The van der Waals surface area contributed by atoms with E-state index in [1.165, 1.54) is 12.1 Å². The van der Waals surface area contributed by atoms with Crippen LogP contribution in [-0.4, -0.2) is 20.3 Å². The van der Waals surface area contributed by atoms with E-state index in [-0.39, 0.29) is 11.8 Å². The molecule has 4 nitrogen and oxygen atoms in total. The Hall–Kier alpha value is -1.24. The van der Waals surface area contributed by atoms with Crippen LogP contribution in [0.3, 0.4) is 0 Å². The number of methoxy groups -OCH3 is 1. The Morgan fingerprint density at radius 1 is 1.31 bits per heavy atom. The smallest absolute Gasteiger partial charge is 0.387 e. The predicted molar refractivity (Wildman–Crippen MR) is 55.0 cm³/mol. The molecule has 3 N–H and O–H groups in total. The molecular formula is C10H14F2N2O2. The van der Waals surface area contributed by atoms with Crippen LogP contribution in [0.15, 0.2) is 24.3 Å². The minimum absolute atomic E-state index is 0.118. The maximum absolute atomic E-state index is 11.9. The molecule has 0 aliphatic heterocycles. The highest BCUT2D eigenvalue weighted by Gasteiger charge is 2.10. The second-order valence-corrected chi connectivity index (χ2v) is 3.12.